The molecule has 8 heteroatoms. The zero-order valence-electron chi connectivity index (χ0n) is 13.2. The van der Waals surface area contributed by atoms with Gasteiger partial charge in [-0.15, -0.1) is 11.6 Å². The Balaban J connectivity index is 1.85. The number of halogens is 1. The zero-order chi connectivity index (χ0) is 18.1. The van der Waals surface area contributed by atoms with E-state index in [1.807, 2.05) is 6.07 Å². The van der Waals surface area contributed by atoms with Gasteiger partial charge in [0.05, 0.1) is 0 Å². The molecule has 3 amide bonds. The van der Waals surface area contributed by atoms with Crippen LogP contribution in [0.15, 0.2) is 54.6 Å². The molecule has 2 aromatic carbocycles. The van der Waals surface area contributed by atoms with Crippen molar-refractivity contribution in [3.8, 4) is 0 Å². The van der Waals surface area contributed by atoms with Crippen molar-refractivity contribution in [1.82, 2.24) is 21.7 Å². The molecule has 0 fully saturated rings. The van der Waals surface area contributed by atoms with Crippen molar-refractivity contribution in [2.24, 2.45) is 0 Å². The van der Waals surface area contributed by atoms with Gasteiger partial charge in [-0.2, -0.15) is 0 Å². The molecule has 7 nitrogen and oxygen atoms in total. The molecular weight excluding hydrogens is 344 g/mol. The first-order chi connectivity index (χ1) is 12.1. The molecule has 0 aliphatic carbocycles. The highest BCUT2D eigenvalue weighted by atomic mass is 35.5. The minimum Gasteiger partial charge on any atom is -0.287 e. The van der Waals surface area contributed by atoms with E-state index in [0.717, 1.165) is 5.56 Å². The minimum absolute atomic E-state index is 0.245. The van der Waals surface area contributed by atoms with Crippen molar-refractivity contribution in [2.45, 2.75) is 6.54 Å². The number of carbonyl (C=O) groups excluding carboxylic acids is 3. The van der Waals surface area contributed by atoms with E-state index in [1.54, 1.807) is 48.5 Å². The van der Waals surface area contributed by atoms with E-state index < -0.39 is 11.8 Å². The van der Waals surface area contributed by atoms with E-state index in [2.05, 4.69) is 21.7 Å². The minimum atomic E-state index is -0.503. The van der Waals surface area contributed by atoms with Gasteiger partial charge in [-0.05, 0) is 29.8 Å². The standard InChI is InChI=1S/C17H17ClN4O3/c18-10-15(23)20-22-17(25)14-8-4-5-12(9-14)11-19-21-16(24)13-6-2-1-3-7-13/h1-9,19H,10-11H2,(H,20,23)(H,21,24)(H,22,25). The molecule has 0 aliphatic rings. The molecule has 0 saturated heterocycles. The Morgan fingerprint density at radius 2 is 1.48 bits per heavy atom. The summed E-state index contributed by atoms with van der Waals surface area (Å²) in [4.78, 5) is 34.9. The molecule has 0 bridgehead atoms. The summed E-state index contributed by atoms with van der Waals surface area (Å²) in [5.74, 6) is -1.46. The maximum atomic E-state index is 11.9. The number of hydrazine groups is 2. The van der Waals surface area contributed by atoms with Crippen LogP contribution in [0.4, 0.5) is 0 Å². The van der Waals surface area contributed by atoms with Crippen molar-refractivity contribution in [2.75, 3.05) is 5.88 Å². The summed E-state index contributed by atoms with van der Waals surface area (Å²) in [6, 6.07) is 15.5. The van der Waals surface area contributed by atoms with Crippen molar-refractivity contribution < 1.29 is 14.4 Å². The second kappa shape index (κ2) is 9.41. The Morgan fingerprint density at radius 3 is 2.20 bits per heavy atom. The molecular formula is C17H17ClN4O3. The zero-order valence-corrected chi connectivity index (χ0v) is 14.0. The van der Waals surface area contributed by atoms with Crippen LogP contribution >= 0.6 is 11.6 Å². The lowest BCUT2D eigenvalue weighted by Crippen LogP contribution is -2.42. The fraction of sp³-hybridized carbons (Fsp3) is 0.118. The Bertz CT molecular complexity index is 753. The number of benzene rings is 2. The molecule has 0 saturated carbocycles. The van der Waals surface area contributed by atoms with Gasteiger partial charge in [-0.25, -0.2) is 5.43 Å². The second-order valence-corrected chi connectivity index (χ2v) is 5.28. The van der Waals surface area contributed by atoms with Crippen molar-refractivity contribution in [3.63, 3.8) is 0 Å². The highest BCUT2D eigenvalue weighted by molar-refractivity contribution is 6.27. The fourth-order valence-corrected chi connectivity index (χ4v) is 2.01. The average molecular weight is 361 g/mol. The maximum absolute atomic E-state index is 11.9. The summed E-state index contributed by atoms with van der Waals surface area (Å²) in [7, 11) is 0. The van der Waals surface area contributed by atoms with Gasteiger partial charge >= 0.3 is 0 Å². The van der Waals surface area contributed by atoms with Gasteiger partial charge in [-0.3, -0.25) is 30.7 Å². The van der Waals surface area contributed by atoms with Crippen LogP contribution in [0.2, 0.25) is 0 Å². The van der Waals surface area contributed by atoms with Crippen LogP contribution in [0, 0.1) is 0 Å². The monoisotopic (exact) mass is 360 g/mol. The van der Waals surface area contributed by atoms with Crippen LogP contribution in [0.25, 0.3) is 0 Å². The molecule has 25 heavy (non-hydrogen) atoms. The Hall–Kier alpha value is -2.90. The molecule has 0 heterocycles. The van der Waals surface area contributed by atoms with Crippen molar-refractivity contribution in [1.29, 1.82) is 0 Å². The largest absolute Gasteiger partial charge is 0.287 e. The third-order valence-electron chi connectivity index (χ3n) is 3.16. The molecule has 4 N–H and O–H groups in total. The van der Waals surface area contributed by atoms with Crippen LogP contribution in [0.5, 0.6) is 0 Å². The molecule has 0 aromatic heterocycles. The maximum Gasteiger partial charge on any atom is 0.269 e. The van der Waals surface area contributed by atoms with Gasteiger partial charge in [0.2, 0.25) is 0 Å². The van der Waals surface area contributed by atoms with Crippen LogP contribution < -0.4 is 21.7 Å². The lowest BCUT2D eigenvalue weighted by Gasteiger charge is -2.09. The van der Waals surface area contributed by atoms with Gasteiger partial charge in [0.15, 0.2) is 0 Å². The first kappa shape index (κ1) is 18.4. The summed E-state index contributed by atoms with van der Waals surface area (Å²) < 4.78 is 0. The number of nitrogens with one attached hydrogen (secondary N) is 4. The molecule has 2 rings (SSSR count). The second-order valence-electron chi connectivity index (χ2n) is 5.01. The summed E-state index contributed by atoms with van der Waals surface area (Å²) in [5, 5.41) is 0. The van der Waals surface area contributed by atoms with E-state index in [9.17, 15) is 14.4 Å². The lowest BCUT2D eigenvalue weighted by molar-refractivity contribution is -0.119. The van der Waals surface area contributed by atoms with E-state index in [1.165, 1.54) is 0 Å². The van der Waals surface area contributed by atoms with E-state index in [-0.39, 0.29) is 11.8 Å². The van der Waals surface area contributed by atoms with Crippen LogP contribution in [0.3, 0.4) is 0 Å². The fourth-order valence-electron chi connectivity index (χ4n) is 1.94. The molecule has 0 aliphatic heterocycles. The number of rotatable bonds is 6. The quantitative estimate of drug-likeness (QED) is 0.458. The van der Waals surface area contributed by atoms with Crippen LogP contribution in [0.1, 0.15) is 26.3 Å². The molecule has 2 aromatic rings. The number of carbonyl (C=O) groups is 3. The van der Waals surface area contributed by atoms with E-state index in [0.29, 0.717) is 17.7 Å². The third-order valence-corrected chi connectivity index (χ3v) is 3.40. The average Bonchev–Trinajstić information content (AvgIpc) is 2.66. The van der Waals surface area contributed by atoms with Gasteiger partial charge in [-0.1, -0.05) is 30.3 Å². The highest BCUT2D eigenvalue weighted by Gasteiger charge is 2.08. The Kier molecular flexibility index (Phi) is 6.94. The predicted molar refractivity (Wildman–Crippen MR) is 93.5 cm³/mol. The SMILES string of the molecule is O=C(CCl)NNC(=O)c1cccc(CNNC(=O)c2ccccc2)c1. The smallest absolute Gasteiger partial charge is 0.269 e. The lowest BCUT2D eigenvalue weighted by atomic mass is 10.1. The number of hydrogen-bond acceptors (Lipinski definition) is 4. The number of amides is 3. The van der Waals surface area contributed by atoms with Crippen molar-refractivity contribution >= 4 is 29.3 Å². The normalized spacial score (nSPS) is 9.96. The predicted octanol–water partition coefficient (Wildman–Crippen LogP) is 1.12. The number of alkyl halides is 1. The molecule has 0 atom stereocenters. The first-order valence-electron chi connectivity index (χ1n) is 7.42. The third kappa shape index (κ3) is 5.91. The summed E-state index contributed by atoms with van der Waals surface area (Å²) >= 11 is 5.33. The van der Waals surface area contributed by atoms with E-state index >= 15 is 0 Å². The Morgan fingerprint density at radius 1 is 0.800 bits per heavy atom. The molecule has 0 unspecified atom stereocenters. The van der Waals surface area contributed by atoms with Gasteiger partial charge < -0.3 is 0 Å². The van der Waals surface area contributed by atoms with Crippen LogP contribution in [-0.2, 0) is 11.3 Å². The van der Waals surface area contributed by atoms with Gasteiger partial charge in [0.25, 0.3) is 17.7 Å². The summed E-state index contributed by atoms with van der Waals surface area (Å²) in [5.41, 5.74) is 11.5. The van der Waals surface area contributed by atoms with Crippen LogP contribution in [-0.4, -0.2) is 23.6 Å². The molecule has 0 radical (unpaired) electrons. The number of hydrogen-bond donors (Lipinski definition) is 4. The Labute approximate surface area is 149 Å². The molecule has 130 valence electrons. The van der Waals surface area contributed by atoms with Crippen molar-refractivity contribution in [3.05, 3.63) is 71.3 Å². The summed E-state index contributed by atoms with van der Waals surface area (Å²) in [6.07, 6.45) is 0. The highest BCUT2D eigenvalue weighted by Crippen LogP contribution is 2.05. The van der Waals surface area contributed by atoms with Gasteiger partial charge in [0.1, 0.15) is 5.88 Å². The van der Waals surface area contributed by atoms with E-state index in [4.69, 9.17) is 11.6 Å². The molecule has 0 spiro atoms. The van der Waals surface area contributed by atoms with Gasteiger partial charge in [0, 0.05) is 17.7 Å². The topological polar surface area (TPSA) is 99.3 Å². The summed E-state index contributed by atoms with van der Waals surface area (Å²) in [6.45, 7) is 0.327. The first-order valence-corrected chi connectivity index (χ1v) is 7.96.